The normalized spacial score (nSPS) is 12.7. The number of ether oxygens (including phenoxy) is 1. The van der Waals surface area contributed by atoms with Crippen LogP contribution in [0, 0.1) is 0 Å². The van der Waals surface area contributed by atoms with Gasteiger partial charge in [0.25, 0.3) is 0 Å². The van der Waals surface area contributed by atoms with Crippen LogP contribution in [0.1, 0.15) is 399 Å². The SMILES string of the molecule is CCCCCCCC/C=C\CCCCCCCCCC(=O)OCC/C=C\C/C=C\CCCCCCCCCCCCCCCCC(=O)NC(CO)C(O)CCCCCCCCCCCCCCCCCCCCCCCCCCC. The van der Waals surface area contributed by atoms with Crippen LogP contribution in [0.4, 0.5) is 0 Å². The maximum atomic E-state index is 12.6. The second kappa shape index (κ2) is 69.6. The van der Waals surface area contributed by atoms with E-state index in [1.54, 1.807) is 0 Å². The molecule has 2 unspecified atom stereocenters. The molecule has 0 fully saturated rings. The van der Waals surface area contributed by atoms with Gasteiger partial charge in [0.2, 0.25) is 5.91 Å². The molecule has 6 nitrogen and oxygen atoms in total. The molecule has 472 valence electrons. The summed E-state index contributed by atoms with van der Waals surface area (Å²) in [6.07, 6.45) is 89.2. The predicted molar refractivity (Wildman–Crippen MR) is 352 cm³/mol. The van der Waals surface area contributed by atoms with E-state index in [4.69, 9.17) is 4.74 Å². The molecular weight excluding hydrogens is 983 g/mol. The van der Waals surface area contributed by atoms with Gasteiger partial charge in [0, 0.05) is 12.8 Å². The number of nitrogens with one attached hydrogen (secondary N) is 1. The maximum Gasteiger partial charge on any atom is 0.305 e. The summed E-state index contributed by atoms with van der Waals surface area (Å²) in [6, 6.07) is -0.548. The highest BCUT2D eigenvalue weighted by Crippen LogP contribution is 2.19. The van der Waals surface area contributed by atoms with Gasteiger partial charge in [-0.3, -0.25) is 9.59 Å². The molecule has 0 aromatic heterocycles. The maximum absolute atomic E-state index is 12.6. The molecule has 0 spiro atoms. The largest absolute Gasteiger partial charge is 0.465 e. The van der Waals surface area contributed by atoms with E-state index in [0.29, 0.717) is 25.9 Å². The Morgan fingerprint density at radius 2 is 0.625 bits per heavy atom. The lowest BCUT2D eigenvalue weighted by molar-refractivity contribution is -0.143. The number of allylic oxidation sites excluding steroid dienone is 5. The summed E-state index contributed by atoms with van der Waals surface area (Å²) >= 11 is 0. The van der Waals surface area contributed by atoms with Crippen molar-refractivity contribution in [3.63, 3.8) is 0 Å². The van der Waals surface area contributed by atoms with E-state index in [9.17, 15) is 19.8 Å². The van der Waals surface area contributed by atoms with Crippen LogP contribution in [-0.4, -0.2) is 47.4 Å². The van der Waals surface area contributed by atoms with Crippen molar-refractivity contribution in [3.8, 4) is 0 Å². The number of carbonyl (C=O) groups is 2. The predicted octanol–water partition coefficient (Wildman–Crippen LogP) is 23.5. The van der Waals surface area contributed by atoms with Crippen molar-refractivity contribution in [3.05, 3.63) is 36.5 Å². The van der Waals surface area contributed by atoms with Crippen molar-refractivity contribution in [2.45, 2.75) is 411 Å². The molecule has 0 rings (SSSR count). The minimum Gasteiger partial charge on any atom is -0.465 e. The Bertz CT molecular complexity index is 1300. The Morgan fingerprint density at radius 1 is 0.350 bits per heavy atom. The number of unbranched alkanes of at least 4 members (excludes halogenated alkanes) is 51. The summed E-state index contributed by atoms with van der Waals surface area (Å²) in [5, 5.41) is 23.5. The first-order valence-electron chi connectivity index (χ1n) is 36.2. The molecule has 0 radical (unpaired) electrons. The number of amides is 1. The molecule has 0 bridgehead atoms. The molecule has 0 aliphatic heterocycles. The van der Waals surface area contributed by atoms with Crippen molar-refractivity contribution < 1.29 is 24.5 Å². The molecule has 0 saturated heterocycles. The van der Waals surface area contributed by atoms with Crippen LogP contribution in [0.5, 0.6) is 0 Å². The van der Waals surface area contributed by atoms with Crippen molar-refractivity contribution in [2.75, 3.05) is 13.2 Å². The van der Waals surface area contributed by atoms with Gasteiger partial charge in [0.15, 0.2) is 0 Å². The zero-order valence-corrected chi connectivity index (χ0v) is 54.1. The summed E-state index contributed by atoms with van der Waals surface area (Å²) in [6.45, 7) is 4.87. The van der Waals surface area contributed by atoms with Crippen LogP contribution in [0.15, 0.2) is 36.5 Å². The molecule has 0 aromatic carbocycles. The first-order valence-corrected chi connectivity index (χ1v) is 36.2. The third-order valence-corrected chi connectivity index (χ3v) is 16.9. The quantitative estimate of drug-likeness (QED) is 0.0320. The number of aliphatic hydroxyl groups excluding tert-OH is 2. The number of rotatable bonds is 68. The fraction of sp³-hybridized carbons (Fsp3) is 0.892. The molecule has 0 heterocycles. The summed E-state index contributed by atoms with van der Waals surface area (Å²) in [5.74, 6) is -0.0729. The smallest absolute Gasteiger partial charge is 0.305 e. The van der Waals surface area contributed by atoms with Crippen LogP contribution >= 0.6 is 0 Å². The van der Waals surface area contributed by atoms with E-state index in [-0.39, 0.29) is 18.5 Å². The lowest BCUT2D eigenvalue weighted by atomic mass is 10.0. The monoisotopic (exact) mass is 1120 g/mol. The van der Waals surface area contributed by atoms with E-state index >= 15 is 0 Å². The number of esters is 1. The third-order valence-electron chi connectivity index (χ3n) is 16.9. The van der Waals surface area contributed by atoms with Crippen molar-refractivity contribution >= 4 is 11.9 Å². The molecule has 80 heavy (non-hydrogen) atoms. The number of carbonyl (C=O) groups excluding carboxylic acids is 2. The van der Waals surface area contributed by atoms with Crippen LogP contribution in [0.25, 0.3) is 0 Å². The number of aliphatic hydroxyl groups is 2. The average Bonchev–Trinajstić information content (AvgIpc) is 3.46. The molecule has 0 saturated carbocycles. The van der Waals surface area contributed by atoms with Gasteiger partial charge in [-0.15, -0.1) is 0 Å². The number of hydrogen-bond acceptors (Lipinski definition) is 5. The molecule has 1 amide bonds. The van der Waals surface area contributed by atoms with Crippen LogP contribution in [-0.2, 0) is 14.3 Å². The first kappa shape index (κ1) is 78.1. The summed E-state index contributed by atoms with van der Waals surface area (Å²) in [7, 11) is 0. The van der Waals surface area contributed by atoms with Crippen molar-refractivity contribution in [1.82, 2.24) is 5.32 Å². The number of hydrogen-bond donors (Lipinski definition) is 3. The van der Waals surface area contributed by atoms with Gasteiger partial charge in [0.1, 0.15) is 0 Å². The van der Waals surface area contributed by atoms with Gasteiger partial charge in [-0.05, 0) is 70.6 Å². The summed E-state index contributed by atoms with van der Waals surface area (Å²) in [4.78, 5) is 24.6. The Kier molecular flexibility index (Phi) is 67.9. The van der Waals surface area contributed by atoms with Crippen molar-refractivity contribution in [2.24, 2.45) is 0 Å². The lowest BCUT2D eigenvalue weighted by Crippen LogP contribution is -2.45. The van der Waals surface area contributed by atoms with E-state index < -0.39 is 12.1 Å². The third kappa shape index (κ3) is 65.2. The highest BCUT2D eigenvalue weighted by atomic mass is 16.5. The van der Waals surface area contributed by atoms with Crippen LogP contribution < -0.4 is 5.32 Å². The highest BCUT2D eigenvalue weighted by molar-refractivity contribution is 5.76. The molecule has 0 aromatic rings. The second-order valence-electron chi connectivity index (χ2n) is 24.9. The fourth-order valence-electron chi connectivity index (χ4n) is 11.4. The summed E-state index contributed by atoms with van der Waals surface area (Å²) in [5.41, 5.74) is 0. The van der Waals surface area contributed by atoms with Gasteiger partial charge in [-0.25, -0.2) is 0 Å². The van der Waals surface area contributed by atoms with Gasteiger partial charge >= 0.3 is 5.97 Å². The molecule has 6 heteroatoms. The van der Waals surface area contributed by atoms with E-state index in [2.05, 4.69) is 55.6 Å². The van der Waals surface area contributed by atoms with Gasteiger partial charge in [0.05, 0.1) is 25.4 Å². The zero-order valence-electron chi connectivity index (χ0n) is 54.1. The van der Waals surface area contributed by atoms with E-state index in [0.717, 1.165) is 51.4 Å². The van der Waals surface area contributed by atoms with E-state index in [1.807, 2.05) is 0 Å². The molecule has 3 N–H and O–H groups in total. The van der Waals surface area contributed by atoms with Crippen LogP contribution in [0.2, 0.25) is 0 Å². The molecule has 2 atom stereocenters. The lowest BCUT2D eigenvalue weighted by Gasteiger charge is -2.22. The van der Waals surface area contributed by atoms with Gasteiger partial charge < -0.3 is 20.3 Å². The topological polar surface area (TPSA) is 95.9 Å². The van der Waals surface area contributed by atoms with Gasteiger partial charge in [-0.2, -0.15) is 0 Å². The zero-order chi connectivity index (χ0) is 57.8. The Labute approximate surface area is 500 Å². The Balaban J connectivity index is 3.44. The molecular formula is C74H141NO5. The standard InChI is InChI=1S/C74H141NO5/c1-3-5-7-9-11-13-15-17-19-21-22-23-24-25-26-28-31-35-38-42-46-50-54-58-62-66-72(77)71(70-76)75-73(78)67-63-59-55-51-47-43-39-36-32-29-27-30-33-37-41-45-49-53-57-61-65-69-80-74(79)68-64-60-56-52-48-44-40-34-20-18-16-14-12-10-8-6-4-2/h18,20,45,49,57,61,71-72,76-77H,3-17,19,21-44,46-48,50-56,58-60,62-70H2,1-2H3,(H,75,78)/b20-18-,49-45-,61-57-. The minimum absolute atomic E-state index is 0.0353. The highest BCUT2D eigenvalue weighted by Gasteiger charge is 2.20. The van der Waals surface area contributed by atoms with Crippen molar-refractivity contribution in [1.29, 1.82) is 0 Å². The Morgan fingerprint density at radius 3 is 0.963 bits per heavy atom. The second-order valence-corrected chi connectivity index (χ2v) is 24.9. The summed E-state index contributed by atoms with van der Waals surface area (Å²) < 4.78 is 5.43. The first-order chi connectivity index (χ1) is 39.5. The average molecular weight is 1120 g/mol. The molecule has 0 aliphatic rings. The minimum atomic E-state index is -0.670. The van der Waals surface area contributed by atoms with Gasteiger partial charge in [-0.1, -0.05) is 352 Å². The fourth-order valence-corrected chi connectivity index (χ4v) is 11.4. The van der Waals surface area contributed by atoms with E-state index in [1.165, 1.54) is 315 Å². The Hall–Kier alpha value is -1.92. The molecule has 0 aliphatic carbocycles. The van der Waals surface area contributed by atoms with Crippen LogP contribution in [0.3, 0.4) is 0 Å².